The number of carbonyl (C=O) groups excluding carboxylic acids is 1. The molecule has 0 saturated heterocycles. The van der Waals surface area contributed by atoms with Gasteiger partial charge in [0.05, 0.1) is 12.1 Å². The highest BCUT2D eigenvalue weighted by atomic mass is 19.1. The minimum atomic E-state index is -0.634. The molecule has 1 aliphatic carbocycles. The zero-order valence-electron chi connectivity index (χ0n) is 10.5. The molecule has 2 rings (SSSR count). The molecular formula is C13H16F2N2O. The van der Waals surface area contributed by atoms with Crippen molar-refractivity contribution in [2.45, 2.75) is 18.4 Å². The van der Waals surface area contributed by atoms with Gasteiger partial charge in [-0.1, -0.05) is 6.07 Å². The molecule has 0 heterocycles. The molecule has 1 aromatic carbocycles. The molecule has 1 amide bonds. The van der Waals surface area contributed by atoms with Crippen molar-refractivity contribution < 1.29 is 13.6 Å². The van der Waals surface area contributed by atoms with Crippen LogP contribution >= 0.6 is 0 Å². The van der Waals surface area contributed by atoms with Crippen LogP contribution in [-0.4, -0.2) is 31.4 Å². The number of rotatable bonds is 4. The van der Waals surface area contributed by atoms with Gasteiger partial charge < -0.3 is 10.2 Å². The van der Waals surface area contributed by atoms with E-state index in [1.54, 1.807) is 19.0 Å². The first-order chi connectivity index (χ1) is 8.43. The third kappa shape index (κ3) is 2.67. The number of nitrogens with one attached hydrogen (secondary N) is 1. The van der Waals surface area contributed by atoms with E-state index in [1.165, 1.54) is 12.1 Å². The largest absolute Gasteiger partial charge is 0.345 e. The number of carbonyl (C=O) groups is 1. The molecule has 1 saturated carbocycles. The number of benzene rings is 1. The lowest BCUT2D eigenvalue weighted by Crippen LogP contribution is -2.40. The minimum absolute atomic E-state index is 0.152. The fourth-order valence-electron chi connectivity index (χ4n) is 2.06. The van der Waals surface area contributed by atoms with Gasteiger partial charge in [0.1, 0.15) is 11.6 Å². The molecule has 1 N–H and O–H groups in total. The van der Waals surface area contributed by atoms with E-state index in [1.807, 2.05) is 0 Å². The monoisotopic (exact) mass is 254 g/mol. The van der Waals surface area contributed by atoms with Crippen LogP contribution in [0.5, 0.6) is 0 Å². The van der Waals surface area contributed by atoms with E-state index in [2.05, 4.69) is 5.32 Å². The second-order valence-electron chi connectivity index (χ2n) is 4.99. The van der Waals surface area contributed by atoms with Crippen molar-refractivity contribution in [1.29, 1.82) is 0 Å². The van der Waals surface area contributed by atoms with Crippen LogP contribution < -0.4 is 5.32 Å². The third-order valence-corrected chi connectivity index (χ3v) is 3.04. The molecule has 1 aromatic rings. The maximum absolute atomic E-state index is 13.7. The summed E-state index contributed by atoms with van der Waals surface area (Å²) < 4.78 is 26.6. The molecule has 0 unspecified atom stereocenters. The van der Waals surface area contributed by atoms with Crippen LogP contribution in [0, 0.1) is 11.6 Å². The Morgan fingerprint density at radius 1 is 1.39 bits per heavy atom. The van der Waals surface area contributed by atoms with Gasteiger partial charge in [-0.25, -0.2) is 8.78 Å². The Hall–Kier alpha value is -1.49. The summed E-state index contributed by atoms with van der Waals surface area (Å²) in [4.78, 5) is 13.5. The number of likely N-dealkylation sites (N-methyl/N-ethyl adjacent to an activating group) is 1. The maximum atomic E-state index is 13.7. The van der Waals surface area contributed by atoms with E-state index >= 15 is 0 Å². The number of hydrogen-bond acceptors (Lipinski definition) is 2. The van der Waals surface area contributed by atoms with E-state index in [9.17, 15) is 13.6 Å². The summed E-state index contributed by atoms with van der Waals surface area (Å²) in [5.41, 5.74) is -0.263. The van der Waals surface area contributed by atoms with Gasteiger partial charge in [-0.05, 0) is 33.0 Å². The molecule has 98 valence electrons. The number of nitrogens with zero attached hydrogens (tertiary/aromatic N) is 1. The summed E-state index contributed by atoms with van der Waals surface area (Å²) >= 11 is 0. The Morgan fingerprint density at radius 3 is 2.56 bits per heavy atom. The summed E-state index contributed by atoms with van der Waals surface area (Å²) in [5.74, 6) is -1.36. The first-order valence-corrected chi connectivity index (χ1v) is 5.84. The van der Waals surface area contributed by atoms with Crippen LogP contribution in [0.15, 0.2) is 18.2 Å². The van der Waals surface area contributed by atoms with E-state index in [4.69, 9.17) is 0 Å². The van der Waals surface area contributed by atoms with Crippen molar-refractivity contribution in [3.05, 3.63) is 35.4 Å². The third-order valence-electron chi connectivity index (χ3n) is 3.04. The van der Waals surface area contributed by atoms with Crippen molar-refractivity contribution in [2.75, 3.05) is 20.6 Å². The summed E-state index contributed by atoms with van der Waals surface area (Å²) in [6.07, 6.45) is 1.38. The summed E-state index contributed by atoms with van der Waals surface area (Å²) in [7, 11) is 3.58. The van der Waals surface area contributed by atoms with Crippen LogP contribution in [0.1, 0.15) is 18.4 Å². The Bertz CT molecular complexity index is 470. The highest BCUT2D eigenvalue weighted by Gasteiger charge is 2.47. The first-order valence-electron chi connectivity index (χ1n) is 5.84. The summed E-state index contributed by atoms with van der Waals surface area (Å²) in [6.45, 7) is 0.255. The van der Waals surface area contributed by atoms with E-state index < -0.39 is 17.2 Å². The number of halogens is 2. The van der Waals surface area contributed by atoms with Crippen molar-refractivity contribution in [3.8, 4) is 0 Å². The number of hydrogen-bond donors (Lipinski definition) is 1. The molecule has 0 aliphatic heterocycles. The molecule has 1 aliphatic rings. The predicted molar refractivity (Wildman–Crippen MR) is 64.0 cm³/mol. The molecule has 0 spiro atoms. The van der Waals surface area contributed by atoms with Gasteiger partial charge in [-0.15, -0.1) is 0 Å². The highest BCUT2D eigenvalue weighted by Crippen LogP contribution is 2.46. The SMILES string of the molecule is CN(C)CC(=O)NC1(c2ccc(F)cc2F)CC1. The average molecular weight is 254 g/mol. The standard InChI is InChI=1S/C13H16F2N2O/c1-17(2)8-12(18)16-13(5-6-13)10-4-3-9(14)7-11(10)15/h3-4,7H,5-6,8H2,1-2H3,(H,16,18). The maximum Gasteiger partial charge on any atom is 0.234 e. The lowest BCUT2D eigenvalue weighted by atomic mass is 10.0. The van der Waals surface area contributed by atoms with E-state index in [-0.39, 0.29) is 12.5 Å². The molecule has 5 heteroatoms. The van der Waals surface area contributed by atoms with Crippen LogP contribution in [0.2, 0.25) is 0 Å². The fraction of sp³-hybridized carbons (Fsp3) is 0.462. The fourth-order valence-corrected chi connectivity index (χ4v) is 2.06. The van der Waals surface area contributed by atoms with Gasteiger partial charge in [-0.3, -0.25) is 4.79 Å². The Kier molecular flexibility index (Phi) is 3.34. The average Bonchev–Trinajstić information content (AvgIpc) is 2.96. The first kappa shape index (κ1) is 13.0. The predicted octanol–water partition coefficient (Wildman–Crippen LogP) is 1.63. The second-order valence-corrected chi connectivity index (χ2v) is 4.99. The number of amides is 1. The molecule has 3 nitrogen and oxygen atoms in total. The topological polar surface area (TPSA) is 32.3 Å². The molecule has 0 atom stereocenters. The normalized spacial score (nSPS) is 16.7. The van der Waals surface area contributed by atoms with Crippen LogP contribution in [-0.2, 0) is 10.3 Å². The van der Waals surface area contributed by atoms with Gasteiger partial charge in [0.15, 0.2) is 0 Å². The zero-order valence-corrected chi connectivity index (χ0v) is 10.5. The van der Waals surface area contributed by atoms with Gasteiger partial charge >= 0.3 is 0 Å². The van der Waals surface area contributed by atoms with Crippen LogP contribution in [0.3, 0.4) is 0 Å². The van der Waals surface area contributed by atoms with Gasteiger partial charge in [-0.2, -0.15) is 0 Å². The lowest BCUT2D eigenvalue weighted by molar-refractivity contribution is -0.122. The van der Waals surface area contributed by atoms with Gasteiger partial charge in [0, 0.05) is 11.6 Å². The smallest absolute Gasteiger partial charge is 0.234 e. The summed E-state index contributed by atoms with van der Waals surface area (Å²) in [6, 6.07) is 3.48. The van der Waals surface area contributed by atoms with Crippen LogP contribution in [0.4, 0.5) is 8.78 Å². The lowest BCUT2D eigenvalue weighted by Gasteiger charge is -2.20. The second kappa shape index (κ2) is 4.65. The van der Waals surface area contributed by atoms with Crippen molar-refractivity contribution in [2.24, 2.45) is 0 Å². The Labute approximate surface area is 105 Å². The molecule has 0 aromatic heterocycles. The molecule has 1 fully saturated rings. The zero-order chi connectivity index (χ0) is 13.3. The van der Waals surface area contributed by atoms with Crippen molar-refractivity contribution in [1.82, 2.24) is 10.2 Å². The molecule has 0 radical (unpaired) electrons. The van der Waals surface area contributed by atoms with E-state index in [0.29, 0.717) is 18.4 Å². The molecule has 0 bridgehead atoms. The van der Waals surface area contributed by atoms with E-state index in [0.717, 1.165) is 6.07 Å². The van der Waals surface area contributed by atoms with Crippen LogP contribution in [0.25, 0.3) is 0 Å². The molecular weight excluding hydrogens is 238 g/mol. The Morgan fingerprint density at radius 2 is 2.06 bits per heavy atom. The minimum Gasteiger partial charge on any atom is -0.345 e. The van der Waals surface area contributed by atoms with Gasteiger partial charge in [0.25, 0.3) is 0 Å². The van der Waals surface area contributed by atoms with Gasteiger partial charge in [0.2, 0.25) is 5.91 Å². The molecule has 18 heavy (non-hydrogen) atoms. The summed E-state index contributed by atoms with van der Waals surface area (Å²) in [5, 5.41) is 2.83. The quantitative estimate of drug-likeness (QED) is 0.885. The van der Waals surface area contributed by atoms with Crippen molar-refractivity contribution >= 4 is 5.91 Å². The van der Waals surface area contributed by atoms with Crippen molar-refractivity contribution in [3.63, 3.8) is 0 Å². The highest BCUT2D eigenvalue weighted by molar-refractivity contribution is 5.79. The Balaban J connectivity index is 2.14.